The van der Waals surface area contributed by atoms with E-state index in [2.05, 4.69) is 5.32 Å². The fraction of sp³-hybridized carbons (Fsp3) is 0.105. The van der Waals surface area contributed by atoms with E-state index in [-0.39, 0.29) is 22.7 Å². The first-order valence-corrected chi connectivity index (χ1v) is 10.8. The van der Waals surface area contributed by atoms with E-state index in [1.807, 2.05) is 0 Å². The Labute approximate surface area is 169 Å². The van der Waals surface area contributed by atoms with E-state index in [4.69, 9.17) is 0 Å². The Morgan fingerprint density at radius 3 is 2.31 bits per heavy atom. The van der Waals surface area contributed by atoms with Gasteiger partial charge in [0.25, 0.3) is 11.6 Å². The molecule has 2 aromatic carbocycles. The summed E-state index contributed by atoms with van der Waals surface area (Å²) in [4.78, 5) is 23.0. The number of nitrogens with zero attached hydrogens (tertiary/aromatic N) is 1. The molecule has 1 unspecified atom stereocenters. The smallest absolute Gasteiger partial charge is 0.269 e. The quantitative estimate of drug-likeness (QED) is 0.346. The van der Waals surface area contributed by atoms with Crippen LogP contribution in [0, 0.1) is 15.9 Å². The first-order valence-electron chi connectivity index (χ1n) is 8.34. The van der Waals surface area contributed by atoms with Gasteiger partial charge in [0.05, 0.1) is 9.82 Å². The molecule has 7 nitrogen and oxygen atoms in total. The fourth-order valence-corrected chi connectivity index (χ4v) is 5.43. The van der Waals surface area contributed by atoms with Gasteiger partial charge in [-0.15, -0.1) is 11.3 Å². The summed E-state index contributed by atoms with van der Waals surface area (Å²) in [5.74, 6) is -1.11. The second-order valence-electron chi connectivity index (χ2n) is 6.02. The third-order valence-electron chi connectivity index (χ3n) is 4.17. The average Bonchev–Trinajstić information content (AvgIpc) is 3.22. The molecule has 1 amide bonds. The lowest BCUT2D eigenvalue weighted by Gasteiger charge is -2.17. The van der Waals surface area contributed by atoms with E-state index < -0.39 is 31.7 Å². The van der Waals surface area contributed by atoms with Gasteiger partial charge in [0.15, 0.2) is 9.84 Å². The van der Waals surface area contributed by atoms with Crippen molar-refractivity contribution in [2.45, 2.75) is 10.1 Å². The van der Waals surface area contributed by atoms with Gasteiger partial charge in [0.2, 0.25) is 0 Å². The highest BCUT2D eigenvalue weighted by Gasteiger charge is 2.30. The first kappa shape index (κ1) is 20.6. The van der Waals surface area contributed by atoms with Crippen molar-refractivity contribution in [3.05, 3.63) is 92.4 Å². The SMILES string of the molecule is O=C(NCC(c1cccs1)S(=O)(=O)c1ccc(F)cc1)c1ccc([N+](=O)[O-])cc1. The van der Waals surface area contributed by atoms with Crippen molar-refractivity contribution in [3.8, 4) is 0 Å². The van der Waals surface area contributed by atoms with Gasteiger partial charge in [-0.1, -0.05) is 6.07 Å². The normalized spacial score (nSPS) is 12.3. The molecule has 0 saturated carbocycles. The van der Waals surface area contributed by atoms with Gasteiger partial charge in [-0.3, -0.25) is 14.9 Å². The third-order valence-corrected chi connectivity index (χ3v) is 7.40. The summed E-state index contributed by atoms with van der Waals surface area (Å²) in [6.07, 6.45) is 0. The summed E-state index contributed by atoms with van der Waals surface area (Å²) in [5, 5.41) is 13.9. The fourth-order valence-electron chi connectivity index (χ4n) is 2.65. The van der Waals surface area contributed by atoms with Crippen molar-refractivity contribution in [1.29, 1.82) is 0 Å². The zero-order chi connectivity index (χ0) is 21.0. The number of sulfone groups is 1. The number of nitrogens with one attached hydrogen (secondary N) is 1. The van der Waals surface area contributed by atoms with E-state index in [1.165, 1.54) is 47.7 Å². The molecule has 0 radical (unpaired) electrons. The highest BCUT2D eigenvalue weighted by molar-refractivity contribution is 7.91. The molecule has 1 aromatic heterocycles. The van der Waals surface area contributed by atoms with Crippen LogP contribution < -0.4 is 5.32 Å². The summed E-state index contributed by atoms with van der Waals surface area (Å²) < 4.78 is 39.3. The maximum Gasteiger partial charge on any atom is 0.269 e. The van der Waals surface area contributed by atoms with Crippen LogP contribution in [0.25, 0.3) is 0 Å². The second kappa shape index (κ2) is 8.50. The molecule has 1 heterocycles. The number of thiophene rings is 1. The number of benzene rings is 2. The molecule has 0 aliphatic heterocycles. The van der Waals surface area contributed by atoms with Crippen LogP contribution in [0.1, 0.15) is 20.5 Å². The highest BCUT2D eigenvalue weighted by Crippen LogP contribution is 2.31. The van der Waals surface area contributed by atoms with Crippen molar-refractivity contribution >= 4 is 32.8 Å². The van der Waals surface area contributed by atoms with Gasteiger partial charge in [-0.2, -0.15) is 0 Å². The number of carbonyl (C=O) groups is 1. The Morgan fingerprint density at radius 1 is 1.10 bits per heavy atom. The van der Waals surface area contributed by atoms with Crippen LogP contribution >= 0.6 is 11.3 Å². The largest absolute Gasteiger partial charge is 0.350 e. The molecule has 0 saturated heterocycles. The van der Waals surface area contributed by atoms with E-state index in [0.717, 1.165) is 12.1 Å². The van der Waals surface area contributed by atoms with Gasteiger partial charge in [0.1, 0.15) is 11.1 Å². The molecule has 10 heteroatoms. The van der Waals surface area contributed by atoms with Gasteiger partial charge >= 0.3 is 0 Å². The van der Waals surface area contributed by atoms with Crippen LogP contribution in [0.15, 0.2) is 70.9 Å². The minimum Gasteiger partial charge on any atom is -0.350 e. The van der Waals surface area contributed by atoms with Gasteiger partial charge in [-0.05, 0) is 47.8 Å². The number of hydrogen-bond donors (Lipinski definition) is 1. The van der Waals surface area contributed by atoms with Crippen LogP contribution in [-0.2, 0) is 9.84 Å². The van der Waals surface area contributed by atoms with E-state index in [1.54, 1.807) is 17.5 Å². The first-order chi connectivity index (χ1) is 13.8. The second-order valence-corrected chi connectivity index (χ2v) is 9.13. The van der Waals surface area contributed by atoms with Crippen LogP contribution in [0.2, 0.25) is 0 Å². The van der Waals surface area contributed by atoms with Gasteiger partial charge in [0, 0.05) is 29.1 Å². The predicted octanol–water partition coefficient (Wildman–Crippen LogP) is 3.74. The molecule has 1 atom stereocenters. The molecule has 0 aliphatic carbocycles. The Balaban J connectivity index is 1.82. The summed E-state index contributed by atoms with van der Waals surface area (Å²) in [6.45, 7) is -0.212. The maximum atomic E-state index is 13.2. The number of non-ortho nitro benzene ring substituents is 1. The minimum atomic E-state index is -3.90. The zero-order valence-electron chi connectivity index (χ0n) is 14.8. The Hall–Kier alpha value is -3.11. The van der Waals surface area contributed by atoms with Crippen molar-refractivity contribution in [2.75, 3.05) is 6.54 Å². The van der Waals surface area contributed by atoms with Crippen molar-refractivity contribution in [1.82, 2.24) is 5.32 Å². The van der Waals surface area contributed by atoms with Crippen LogP contribution in [-0.4, -0.2) is 25.8 Å². The van der Waals surface area contributed by atoms with E-state index in [9.17, 15) is 27.7 Å². The lowest BCUT2D eigenvalue weighted by Crippen LogP contribution is -2.31. The lowest BCUT2D eigenvalue weighted by molar-refractivity contribution is -0.384. The lowest BCUT2D eigenvalue weighted by atomic mass is 10.2. The highest BCUT2D eigenvalue weighted by atomic mass is 32.2. The van der Waals surface area contributed by atoms with Crippen molar-refractivity contribution in [2.24, 2.45) is 0 Å². The van der Waals surface area contributed by atoms with Gasteiger partial charge in [-0.25, -0.2) is 12.8 Å². The maximum absolute atomic E-state index is 13.2. The molecule has 0 fully saturated rings. The molecule has 1 N–H and O–H groups in total. The van der Waals surface area contributed by atoms with Crippen LogP contribution in [0.3, 0.4) is 0 Å². The standard InChI is InChI=1S/C19H15FN2O5S2/c20-14-5-9-16(10-6-14)29(26,27)18(17-2-1-11-28-17)12-21-19(23)13-3-7-15(8-4-13)22(24)25/h1-11,18H,12H2,(H,21,23). The Kier molecular flexibility index (Phi) is 6.04. The minimum absolute atomic E-state index is 0.0538. The molecular formula is C19H15FN2O5S2. The number of nitro groups is 1. The number of carbonyl (C=O) groups excluding carboxylic acids is 1. The predicted molar refractivity (Wildman–Crippen MR) is 106 cm³/mol. The van der Waals surface area contributed by atoms with Crippen LogP contribution in [0.5, 0.6) is 0 Å². The number of hydrogen-bond acceptors (Lipinski definition) is 6. The average molecular weight is 434 g/mol. The summed E-state index contributed by atoms with van der Waals surface area (Å²) in [5.41, 5.74) is 0.0107. The monoisotopic (exact) mass is 434 g/mol. The third kappa shape index (κ3) is 4.66. The zero-order valence-corrected chi connectivity index (χ0v) is 16.5. The molecule has 0 aliphatic rings. The Bertz CT molecular complexity index is 1110. The summed E-state index contributed by atoms with van der Waals surface area (Å²) in [6, 6.07) is 12.8. The van der Waals surface area contributed by atoms with Gasteiger partial charge < -0.3 is 5.32 Å². The van der Waals surface area contributed by atoms with E-state index >= 15 is 0 Å². The molecule has 0 spiro atoms. The molecule has 3 aromatic rings. The summed E-state index contributed by atoms with van der Waals surface area (Å²) in [7, 11) is -3.90. The molecular weight excluding hydrogens is 419 g/mol. The number of amides is 1. The molecule has 150 valence electrons. The van der Waals surface area contributed by atoms with Crippen LogP contribution in [0.4, 0.5) is 10.1 Å². The molecule has 3 rings (SSSR count). The molecule has 29 heavy (non-hydrogen) atoms. The topological polar surface area (TPSA) is 106 Å². The molecule has 0 bridgehead atoms. The summed E-state index contributed by atoms with van der Waals surface area (Å²) >= 11 is 1.23. The van der Waals surface area contributed by atoms with E-state index in [0.29, 0.717) is 4.88 Å². The Morgan fingerprint density at radius 2 is 1.76 bits per heavy atom. The van der Waals surface area contributed by atoms with Crippen molar-refractivity contribution in [3.63, 3.8) is 0 Å². The number of rotatable bonds is 7. The van der Waals surface area contributed by atoms with Crippen molar-refractivity contribution < 1.29 is 22.5 Å². The number of halogens is 1. The number of nitro benzene ring substituents is 1.